The summed E-state index contributed by atoms with van der Waals surface area (Å²) in [5.74, 6) is 0. The molecule has 1 atom stereocenters. The third kappa shape index (κ3) is 2.33. The third-order valence-electron chi connectivity index (χ3n) is 2.64. The van der Waals surface area contributed by atoms with E-state index < -0.39 is 10.0 Å². The molecule has 0 aromatic carbocycles. The fraction of sp³-hybridized carbons (Fsp3) is 0.500. The average molecular weight is 243 g/mol. The van der Waals surface area contributed by atoms with Crippen molar-refractivity contribution >= 4 is 15.7 Å². The molecule has 0 saturated carbocycles. The highest BCUT2D eigenvalue weighted by Gasteiger charge is 2.27. The predicted octanol–water partition coefficient (Wildman–Crippen LogP) is 1.08. The smallest absolute Gasteiger partial charge is 0.262 e. The number of pyridine rings is 1. The quantitative estimate of drug-likeness (QED) is 0.858. The van der Waals surface area contributed by atoms with Crippen LogP contribution in [0, 0.1) is 0 Å². The maximum absolute atomic E-state index is 12.1. The molecule has 1 unspecified atom stereocenters. The Morgan fingerprint density at radius 3 is 2.69 bits per heavy atom. The van der Waals surface area contributed by atoms with E-state index in [1.54, 1.807) is 6.07 Å². The summed E-state index contributed by atoms with van der Waals surface area (Å²) in [6, 6.07) is 3.06. The molecule has 6 heteroatoms. The van der Waals surface area contributed by atoms with E-state index in [-0.39, 0.29) is 16.8 Å². The van der Waals surface area contributed by atoms with Gasteiger partial charge in [-0.05, 0) is 25.5 Å². The highest BCUT2D eigenvalue weighted by atomic mass is 32.2. The standard InChI is InChI=1S/C10H17N3O2S/c1-4-8(2)13(3)16(14,15)10-9(11)6-5-7-12-10/h5-8H,4,11H2,1-3H3. The Morgan fingerprint density at radius 1 is 1.56 bits per heavy atom. The number of aromatic nitrogens is 1. The summed E-state index contributed by atoms with van der Waals surface area (Å²) >= 11 is 0. The van der Waals surface area contributed by atoms with Crippen LogP contribution in [0.5, 0.6) is 0 Å². The molecule has 16 heavy (non-hydrogen) atoms. The molecule has 0 aliphatic carbocycles. The predicted molar refractivity (Wildman–Crippen MR) is 63.4 cm³/mol. The molecule has 0 aliphatic rings. The van der Waals surface area contributed by atoms with Crippen molar-refractivity contribution in [1.82, 2.24) is 9.29 Å². The van der Waals surface area contributed by atoms with Crippen LogP contribution in [0.15, 0.2) is 23.4 Å². The average Bonchev–Trinajstić information content (AvgIpc) is 2.27. The summed E-state index contributed by atoms with van der Waals surface area (Å²) in [6.45, 7) is 3.77. The number of hydrogen-bond acceptors (Lipinski definition) is 4. The fourth-order valence-electron chi connectivity index (χ4n) is 1.25. The molecule has 90 valence electrons. The second kappa shape index (κ2) is 4.80. The van der Waals surface area contributed by atoms with Crippen molar-refractivity contribution in [2.45, 2.75) is 31.3 Å². The van der Waals surface area contributed by atoms with Crippen LogP contribution >= 0.6 is 0 Å². The van der Waals surface area contributed by atoms with Gasteiger partial charge in [0.2, 0.25) is 0 Å². The van der Waals surface area contributed by atoms with Gasteiger partial charge < -0.3 is 5.73 Å². The zero-order chi connectivity index (χ0) is 12.3. The minimum absolute atomic E-state index is 0.0715. The van der Waals surface area contributed by atoms with Crippen LogP contribution in [0.25, 0.3) is 0 Å². The lowest BCUT2D eigenvalue weighted by Gasteiger charge is -2.23. The molecule has 0 bridgehead atoms. The maximum Gasteiger partial charge on any atom is 0.262 e. The Labute approximate surface area is 96.3 Å². The van der Waals surface area contributed by atoms with Gasteiger partial charge in [-0.3, -0.25) is 0 Å². The first-order valence-electron chi connectivity index (χ1n) is 5.09. The molecule has 0 fully saturated rings. The monoisotopic (exact) mass is 243 g/mol. The van der Waals surface area contributed by atoms with Gasteiger partial charge in [0, 0.05) is 19.3 Å². The van der Waals surface area contributed by atoms with Gasteiger partial charge in [-0.15, -0.1) is 0 Å². The van der Waals surface area contributed by atoms with Crippen molar-refractivity contribution in [2.75, 3.05) is 12.8 Å². The molecule has 0 saturated heterocycles. The van der Waals surface area contributed by atoms with Crippen molar-refractivity contribution in [2.24, 2.45) is 0 Å². The van der Waals surface area contributed by atoms with E-state index in [1.165, 1.54) is 23.6 Å². The lowest BCUT2D eigenvalue weighted by Crippen LogP contribution is -2.35. The minimum atomic E-state index is -3.58. The van der Waals surface area contributed by atoms with Crippen LogP contribution in [-0.2, 0) is 10.0 Å². The van der Waals surface area contributed by atoms with Crippen molar-refractivity contribution in [3.05, 3.63) is 18.3 Å². The maximum atomic E-state index is 12.1. The lowest BCUT2D eigenvalue weighted by molar-refractivity contribution is 0.379. The lowest BCUT2D eigenvalue weighted by atomic mass is 10.3. The Kier molecular flexibility index (Phi) is 3.88. The number of rotatable bonds is 4. The number of anilines is 1. The highest BCUT2D eigenvalue weighted by Crippen LogP contribution is 2.20. The number of hydrogen-bond donors (Lipinski definition) is 1. The SMILES string of the molecule is CCC(C)N(C)S(=O)(=O)c1ncccc1N. The van der Waals surface area contributed by atoms with Gasteiger partial charge in [-0.1, -0.05) is 6.92 Å². The van der Waals surface area contributed by atoms with Crippen LogP contribution in [0.1, 0.15) is 20.3 Å². The molecular weight excluding hydrogens is 226 g/mol. The van der Waals surface area contributed by atoms with Crippen LogP contribution in [-0.4, -0.2) is 30.8 Å². The van der Waals surface area contributed by atoms with Gasteiger partial charge in [-0.2, -0.15) is 4.31 Å². The van der Waals surface area contributed by atoms with Gasteiger partial charge in [-0.25, -0.2) is 13.4 Å². The summed E-state index contributed by atoms with van der Waals surface area (Å²) in [7, 11) is -2.04. The zero-order valence-electron chi connectivity index (χ0n) is 9.71. The van der Waals surface area contributed by atoms with E-state index in [2.05, 4.69) is 4.98 Å². The minimum Gasteiger partial charge on any atom is -0.396 e. The van der Waals surface area contributed by atoms with Gasteiger partial charge in [0.1, 0.15) is 0 Å². The molecule has 5 nitrogen and oxygen atoms in total. The van der Waals surface area contributed by atoms with Gasteiger partial charge in [0.15, 0.2) is 5.03 Å². The van der Waals surface area contributed by atoms with Crippen LogP contribution in [0.3, 0.4) is 0 Å². The molecule has 0 radical (unpaired) electrons. The fourth-order valence-corrected chi connectivity index (χ4v) is 2.70. The number of nitrogen functional groups attached to an aromatic ring is 1. The van der Waals surface area contributed by atoms with E-state index in [1.807, 2.05) is 13.8 Å². The number of nitrogens with two attached hydrogens (primary N) is 1. The first-order valence-corrected chi connectivity index (χ1v) is 6.53. The summed E-state index contributed by atoms with van der Waals surface area (Å²) in [4.78, 5) is 3.83. The van der Waals surface area contributed by atoms with E-state index in [0.29, 0.717) is 0 Å². The summed E-state index contributed by atoms with van der Waals surface area (Å²) < 4.78 is 25.6. The second-order valence-electron chi connectivity index (χ2n) is 3.68. The van der Waals surface area contributed by atoms with Gasteiger partial charge in [0.25, 0.3) is 10.0 Å². The summed E-state index contributed by atoms with van der Waals surface area (Å²) in [5, 5.41) is -0.0715. The summed E-state index contributed by atoms with van der Waals surface area (Å²) in [6.07, 6.45) is 2.16. The molecule has 1 heterocycles. The van der Waals surface area contributed by atoms with Crippen LogP contribution in [0.2, 0.25) is 0 Å². The van der Waals surface area contributed by atoms with Crippen LogP contribution in [0.4, 0.5) is 5.69 Å². The second-order valence-corrected chi connectivity index (χ2v) is 5.59. The van der Waals surface area contributed by atoms with E-state index >= 15 is 0 Å². The molecule has 1 rings (SSSR count). The van der Waals surface area contributed by atoms with Gasteiger partial charge in [0.05, 0.1) is 5.69 Å². The van der Waals surface area contributed by atoms with Crippen molar-refractivity contribution < 1.29 is 8.42 Å². The normalized spacial score (nSPS) is 14.0. The van der Waals surface area contributed by atoms with Crippen LogP contribution < -0.4 is 5.73 Å². The molecular formula is C10H17N3O2S. The highest BCUT2D eigenvalue weighted by molar-refractivity contribution is 7.89. The Morgan fingerprint density at radius 2 is 2.19 bits per heavy atom. The first kappa shape index (κ1) is 12.9. The third-order valence-corrected chi connectivity index (χ3v) is 4.58. The Balaban J connectivity index is 3.17. The van der Waals surface area contributed by atoms with E-state index in [0.717, 1.165) is 6.42 Å². The molecule has 1 aromatic rings. The number of sulfonamides is 1. The van der Waals surface area contributed by atoms with E-state index in [9.17, 15) is 8.42 Å². The molecule has 0 amide bonds. The molecule has 0 aliphatic heterocycles. The zero-order valence-corrected chi connectivity index (χ0v) is 10.5. The van der Waals surface area contributed by atoms with Gasteiger partial charge >= 0.3 is 0 Å². The largest absolute Gasteiger partial charge is 0.396 e. The van der Waals surface area contributed by atoms with E-state index in [4.69, 9.17) is 5.73 Å². The van der Waals surface area contributed by atoms with Crippen molar-refractivity contribution in [1.29, 1.82) is 0 Å². The number of nitrogens with zero attached hydrogens (tertiary/aromatic N) is 2. The molecule has 1 aromatic heterocycles. The van der Waals surface area contributed by atoms with Crippen molar-refractivity contribution in [3.63, 3.8) is 0 Å². The first-order chi connectivity index (χ1) is 7.41. The topological polar surface area (TPSA) is 76.3 Å². The van der Waals surface area contributed by atoms with Crippen molar-refractivity contribution in [3.8, 4) is 0 Å². The Bertz CT molecular complexity index is 459. The Hall–Kier alpha value is -1.14. The summed E-state index contributed by atoms with van der Waals surface area (Å²) in [5.41, 5.74) is 5.80. The molecule has 0 spiro atoms. The molecule has 2 N–H and O–H groups in total.